The summed E-state index contributed by atoms with van der Waals surface area (Å²) in [6.45, 7) is 5.64. The fourth-order valence-corrected chi connectivity index (χ4v) is 5.83. The lowest BCUT2D eigenvalue weighted by atomic mass is 9.90. The van der Waals surface area contributed by atoms with Crippen molar-refractivity contribution < 1.29 is 18.7 Å². The summed E-state index contributed by atoms with van der Waals surface area (Å²) in [5.74, 6) is 3.01. The second-order valence-corrected chi connectivity index (χ2v) is 10.2. The first-order valence-electron chi connectivity index (χ1n) is 10.8. The third-order valence-corrected chi connectivity index (χ3v) is 7.84. The van der Waals surface area contributed by atoms with Crippen molar-refractivity contribution in [2.24, 2.45) is 5.92 Å². The van der Waals surface area contributed by atoms with Gasteiger partial charge in [0, 0.05) is 18.0 Å². The number of rotatable bonds is 7. The van der Waals surface area contributed by atoms with Gasteiger partial charge in [0.05, 0.1) is 10.6 Å². The average molecular weight is 472 g/mol. The van der Waals surface area contributed by atoms with Crippen molar-refractivity contribution in [1.82, 2.24) is 15.1 Å². The first kappa shape index (κ1) is 21.3. The molecule has 2 aliphatic rings. The van der Waals surface area contributed by atoms with E-state index < -0.39 is 0 Å². The van der Waals surface area contributed by atoms with Gasteiger partial charge >= 0.3 is 0 Å². The van der Waals surface area contributed by atoms with E-state index in [1.165, 1.54) is 28.6 Å². The number of benzene rings is 1. The highest BCUT2D eigenvalue weighted by Gasteiger charge is 2.22. The summed E-state index contributed by atoms with van der Waals surface area (Å²) in [5, 5.41) is 8.78. The van der Waals surface area contributed by atoms with Crippen molar-refractivity contribution >= 4 is 29.0 Å². The molecule has 1 amide bonds. The number of carbonyl (C=O) groups is 1. The molecule has 1 aromatic carbocycles. The van der Waals surface area contributed by atoms with Gasteiger partial charge in [-0.1, -0.05) is 24.8 Å². The minimum atomic E-state index is 0.0236. The number of nitrogens with zero attached hydrogens (tertiary/aromatic N) is 3. The van der Waals surface area contributed by atoms with E-state index >= 15 is 0 Å². The molecule has 0 radical (unpaired) electrons. The van der Waals surface area contributed by atoms with Crippen LogP contribution in [-0.4, -0.2) is 40.1 Å². The molecular formula is C23H25N3O4S2. The van der Waals surface area contributed by atoms with Crippen LogP contribution < -0.4 is 9.47 Å². The summed E-state index contributed by atoms with van der Waals surface area (Å²) in [5.41, 5.74) is 2.42. The number of aryl methyl sites for hydroxylation is 1. The predicted octanol–water partition coefficient (Wildman–Crippen LogP) is 4.79. The van der Waals surface area contributed by atoms with Gasteiger partial charge in [-0.15, -0.1) is 21.5 Å². The third-order valence-electron chi connectivity index (χ3n) is 5.81. The van der Waals surface area contributed by atoms with E-state index in [9.17, 15) is 4.79 Å². The average Bonchev–Trinajstić information content (AvgIpc) is 3.54. The van der Waals surface area contributed by atoms with Crippen LogP contribution in [0.2, 0.25) is 0 Å². The molecule has 0 fully saturated rings. The van der Waals surface area contributed by atoms with Crippen LogP contribution in [0.25, 0.3) is 10.8 Å². The number of amides is 1. The minimum absolute atomic E-state index is 0.0236. The molecule has 32 heavy (non-hydrogen) atoms. The van der Waals surface area contributed by atoms with Gasteiger partial charge in [-0.25, -0.2) is 0 Å². The van der Waals surface area contributed by atoms with Gasteiger partial charge in [0.15, 0.2) is 11.5 Å². The lowest BCUT2D eigenvalue weighted by Crippen LogP contribution is -2.31. The van der Waals surface area contributed by atoms with Crippen molar-refractivity contribution in [2.75, 3.05) is 19.1 Å². The summed E-state index contributed by atoms with van der Waals surface area (Å²) in [6.07, 6.45) is 3.48. The Morgan fingerprint density at radius 2 is 2.12 bits per heavy atom. The molecule has 7 nitrogen and oxygen atoms in total. The molecule has 168 valence electrons. The van der Waals surface area contributed by atoms with Gasteiger partial charge < -0.3 is 18.8 Å². The van der Waals surface area contributed by atoms with Gasteiger partial charge in [0.25, 0.3) is 11.1 Å². The van der Waals surface area contributed by atoms with Crippen LogP contribution in [0, 0.1) is 5.92 Å². The highest BCUT2D eigenvalue weighted by atomic mass is 32.2. The first-order valence-corrected chi connectivity index (χ1v) is 12.6. The van der Waals surface area contributed by atoms with Crippen LogP contribution in [0.5, 0.6) is 11.5 Å². The highest BCUT2D eigenvalue weighted by molar-refractivity contribution is 7.99. The number of carbonyl (C=O) groups excluding carboxylic acids is 1. The molecule has 2 aromatic heterocycles. The normalized spacial score (nSPS) is 16.8. The molecule has 9 heteroatoms. The molecule has 0 N–H and O–H groups in total. The molecule has 3 aromatic rings. The van der Waals surface area contributed by atoms with Crippen molar-refractivity contribution in [1.29, 1.82) is 0 Å². The van der Waals surface area contributed by atoms with Crippen molar-refractivity contribution in [3.05, 3.63) is 40.3 Å². The predicted molar refractivity (Wildman–Crippen MR) is 123 cm³/mol. The quantitative estimate of drug-likeness (QED) is 0.458. The van der Waals surface area contributed by atoms with E-state index in [2.05, 4.69) is 23.2 Å². The van der Waals surface area contributed by atoms with Gasteiger partial charge in [0.1, 0.15) is 0 Å². The number of hydrogen-bond acceptors (Lipinski definition) is 8. The van der Waals surface area contributed by atoms with E-state index in [0.717, 1.165) is 40.7 Å². The lowest BCUT2D eigenvalue weighted by molar-refractivity contribution is -0.128. The van der Waals surface area contributed by atoms with Crippen LogP contribution in [-0.2, 0) is 24.2 Å². The fraction of sp³-hybridized carbons (Fsp3) is 0.435. The summed E-state index contributed by atoms with van der Waals surface area (Å²) in [6, 6.07) is 7.96. The van der Waals surface area contributed by atoms with E-state index in [0.29, 0.717) is 24.2 Å². The van der Waals surface area contributed by atoms with Gasteiger partial charge in [0.2, 0.25) is 12.7 Å². The Kier molecular flexibility index (Phi) is 6.10. The number of thiophene rings is 1. The zero-order valence-electron chi connectivity index (χ0n) is 18.1. The van der Waals surface area contributed by atoms with Crippen molar-refractivity contribution in [3.8, 4) is 22.3 Å². The molecular weight excluding hydrogens is 446 g/mol. The Morgan fingerprint density at radius 1 is 1.25 bits per heavy atom. The van der Waals surface area contributed by atoms with E-state index in [1.54, 1.807) is 16.2 Å². The number of ether oxygens (including phenoxy) is 2. The summed E-state index contributed by atoms with van der Waals surface area (Å²) >= 11 is 3.03. The summed E-state index contributed by atoms with van der Waals surface area (Å²) in [7, 11) is 0. The second kappa shape index (κ2) is 9.15. The molecule has 0 saturated heterocycles. The fourth-order valence-electron chi connectivity index (χ4n) is 4.03. The Morgan fingerprint density at radius 3 is 3.00 bits per heavy atom. The summed E-state index contributed by atoms with van der Waals surface area (Å²) in [4.78, 5) is 17.0. The van der Waals surface area contributed by atoms with E-state index in [1.807, 2.05) is 25.1 Å². The Labute approximate surface area is 195 Å². The van der Waals surface area contributed by atoms with Crippen molar-refractivity contribution in [3.63, 3.8) is 0 Å². The molecule has 1 aliphatic carbocycles. The number of fused-ring (bicyclic) bond motifs is 2. The number of thioether (sulfide) groups is 1. The largest absolute Gasteiger partial charge is 0.454 e. The molecule has 1 aliphatic heterocycles. The van der Waals surface area contributed by atoms with Crippen LogP contribution in [0.15, 0.2) is 33.9 Å². The van der Waals surface area contributed by atoms with Gasteiger partial charge in [-0.3, -0.25) is 4.79 Å². The summed E-state index contributed by atoms with van der Waals surface area (Å²) < 4.78 is 16.6. The van der Waals surface area contributed by atoms with Crippen LogP contribution in [0.1, 0.15) is 36.3 Å². The second-order valence-electron chi connectivity index (χ2n) is 8.16. The lowest BCUT2D eigenvalue weighted by Gasteiger charge is -2.20. The monoisotopic (exact) mass is 471 g/mol. The highest BCUT2D eigenvalue weighted by Crippen LogP contribution is 2.37. The maximum absolute atomic E-state index is 12.8. The van der Waals surface area contributed by atoms with Gasteiger partial charge in [-0.05, 0) is 61.4 Å². The molecule has 3 heterocycles. The smallest absolute Gasteiger partial charge is 0.277 e. The maximum Gasteiger partial charge on any atom is 0.277 e. The Hall–Kier alpha value is -2.52. The van der Waals surface area contributed by atoms with Gasteiger partial charge in [-0.2, -0.15) is 0 Å². The Bertz CT molecular complexity index is 1130. The number of aromatic nitrogens is 2. The molecule has 0 spiro atoms. The van der Waals surface area contributed by atoms with E-state index in [4.69, 9.17) is 13.9 Å². The zero-order chi connectivity index (χ0) is 22.1. The first-order chi connectivity index (χ1) is 15.6. The van der Waals surface area contributed by atoms with Crippen LogP contribution in [0.3, 0.4) is 0 Å². The molecule has 0 bridgehead atoms. The SMILES string of the molecule is CCN(Cc1ccc2c(c1)OCO2)C(=O)CSc1nnc(-c2cc3c(s2)CC[C@H](C)C3)o1. The molecule has 1 atom stereocenters. The van der Waals surface area contributed by atoms with Crippen LogP contribution >= 0.6 is 23.1 Å². The Balaban J connectivity index is 1.19. The maximum atomic E-state index is 12.8. The third kappa shape index (κ3) is 4.49. The van der Waals surface area contributed by atoms with Crippen LogP contribution in [0.4, 0.5) is 0 Å². The standard InChI is InChI=1S/C23H25N3O4S2/c1-3-26(11-15-5-6-17-18(9-15)29-13-28-17)21(27)12-31-23-25-24-22(30-23)20-10-16-8-14(2)4-7-19(16)32-20/h5-6,9-10,14H,3-4,7-8,11-13H2,1-2H3/t14-/m0/s1. The zero-order valence-corrected chi connectivity index (χ0v) is 19.8. The van der Waals surface area contributed by atoms with E-state index in [-0.39, 0.29) is 18.5 Å². The molecule has 0 unspecified atom stereocenters. The number of hydrogen-bond donors (Lipinski definition) is 0. The van der Waals surface area contributed by atoms with Crippen molar-refractivity contribution in [2.45, 2.75) is 44.9 Å². The topological polar surface area (TPSA) is 77.7 Å². The minimum Gasteiger partial charge on any atom is -0.454 e. The molecule has 0 saturated carbocycles. The molecule has 5 rings (SSSR count).